The highest BCUT2D eigenvalue weighted by molar-refractivity contribution is 6.11. The number of nitrogens with zero attached hydrogens (tertiary/aromatic N) is 2. The van der Waals surface area contributed by atoms with Crippen molar-refractivity contribution in [3.05, 3.63) is 59.2 Å². The second kappa shape index (κ2) is 8.59. The van der Waals surface area contributed by atoms with Crippen LogP contribution in [0.25, 0.3) is 0 Å². The van der Waals surface area contributed by atoms with E-state index in [4.69, 9.17) is 0 Å². The maximum atomic E-state index is 13.4. The van der Waals surface area contributed by atoms with E-state index >= 15 is 0 Å². The van der Waals surface area contributed by atoms with Gasteiger partial charge in [0.15, 0.2) is 0 Å². The van der Waals surface area contributed by atoms with Gasteiger partial charge >= 0.3 is 0 Å². The van der Waals surface area contributed by atoms with Crippen LogP contribution in [0.15, 0.2) is 42.5 Å². The topological polar surface area (TPSA) is 98.8 Å². The van der Waals surface area contributed by atoms with Crippen LogP contribution >= 0.6 is 0 Å². The second-order valence-corrected chi connectivity index (χ2v) is 9.63. The van der Waals surface area contributed by atoms with Gasteiger partial charge in [-0.25, -0.2) is 0 Å². The fraction of sp³-hybridized carbons (Fsp3) is 0.385. The summed E-state index contributed by atoms with van der Waals surface area (Å²) in [6.45, 7) is 4.97. The Bertz CT molecular complexity index is 1190. The Kier molecular flexibility index (Phi) is 5.59. The van der Waals surface area contributed by atoms with Gasteiger partial charge in [0.2, 0.25) is 11.8 Å². The summed E-state index contributed by atoms with van der Waals surface area (Å²) in [7, 11) is 0. The Hall–Kier alpha value is -3.68. The number of fused-ring (bicyclic) bond motifs is 3. The van der Waals surface area contributed by atoms with Crippen LogP contribution in [0.5, 0.6) is 0 Å². The molecule has 0 spiro atoms. The molecule has 5 rings (SSSR count). The van der Waals surface area contributed by atoms with Gasteiger partial charge in [0, 0.05) is 24.3 Å². The first-order valence-corrected chi connectivity index (χ1v) is 11.8. The first-order chi connectivity index (χ1) is 16.3. The highest BCUT2D eigenvalue weighted by atomic mass is 16.2. The maximum Gasteiger partial charge on any atom is 0.256 e. The van der Waals surface area contributed by atoms with Gasteiger partial charge < -0.3 is 20.4 Å². The van der Waals surface area contributed by atoms with Crippen molar-refractivity contribution in [3.63, 3.8) is 0 Å². The molecule has 3 aliphatic rings. The summed E-state index contributed by atoms with van der Waals surface area (Å²) in [5, 5.41) is 5.76. The molecule has 8 heteroatoms. The maximum absolute atomic E-state index is 13.4. The van der Waals surface area contributed by atoms with Crippen molar-refractivity contribution in [2.24, 2.45) is 5.92 Å². The van der Waals surface area contributed by atoms with Crippen molar-refractivity contribution in [2.75, 3.05) is 17.2 Å². The van der Waals surface area contributed by atoms with E-state index in [1.54, 1.807) is 34.1 Å². The Labute approximate surface area is 198 Å². The van der Waals surface area contributed by atoms with Crippen LogP contribution in [0.4, 0.5) is 11.4 Å². The average molecular weight is 461 g/mol. The van der Waals surface area contributed by atoms with Crippen molar-refractivity contribution in [2.45, 2.75) is 51.7 Å². The van der Waals surface area contributed by atoms with Gasteiger partial charge in [-0.15, -0.1) is 0 Å². The van der Waals surface area contributed by atoms with Crippen LogP contribution in [0.2, 0.25) is 0 Å². The van der Waals surface area contributed by atoms with Crippen molar-refractivity contribution < 1.29 is 19.2 Å². The van der Waals surface area contributed by atoms with E-state index in [9.17, 15) is 19.2 Å². The lowest BCUT2D eigenvalue weighted by Gasteiger charge is -2.28. The fourth-order valence-corrected chi connectivity index (χ4v) is 5.14. The van der Waals surface area contributed by atoms with Crippen LogP contribution in [0.1, 0.15) is 59.4 Å². The quantitative estimate of drug-likeness (QED) is 0.716. The molecule has 4 amide bonds. The highest BCUT2D eigenvalue weighted by Crippen LogP contribution is 2.31. The van der Waals surface area contributed by atoms with Crippen LogP contribution in [0, 0.1) is 5.92 Å². The molecule has 34 heavy (non-hydrogen) atoms. The molecule has 0 aromatic heterocycles. The molecule has 0 unspecified atom stereocenters. The molecule has 0 saturated carbocycles. The Morgan fingerprint density at radius 1 is 1.09 bits per heavy atom. The standard InChI is InChI=1S/C26H28N4O4/c1-15(2)12-22(30-14-16-6-3-4-7-18(16)25(30)33)24(32)27-17-9-10-20-19(13-17)26(34)29-11-5-8-21(29)23(31)28-20/h3-4,6-7,9-10,13,15,21-22H,5,8,11-12,14H2,1-2H3,(H,27,32)(H,28,31)/t21-,22-/m0/s1. The minimum Gasteiger partial charge on any atom is -0.327 e. The molecule has 0 aliphatic carbocycles. The van der Waals surface area contributed by atoms with E-state index in [1.165, 1.54) is 0 Å². The third-order valence-corrected chi connectivity index (χ3v) is 6.81. The number of anilines is 2. The molecule has 3 heterocycles. The minimum atomic E-state index is -0.642. The van der Waals surface area contributed by atoms with E-state index in [1.807, 2.05) is 32.0 Å². The normalized spacial score (nSPS) is 20.0. The zero-order valence-electron chi connectivity index (χ0n) is 19.3. The van der Waals surface area contributed by atoms with Gasteiger partial charge in [0.05, 0.1) is 11.3 Å². The minimum absolute atomic E-state index is 0.142. The van der Waals surface area contributed by atoms with Crippen LogP contribution < -0.4 is 10.6 Å². The van der Waals surface area contributed by atoms with Crippen molar-refractivity contribution in [1.82, 2.24) is 9.80 Å². The van der Waals surface area contributed by atoms with E-state index < -0.39 is 12.1 Å². The smallest absolute Gasteiger partial charge is 0.256 e. The molecular weight excluding hydrogens is 432 g/mol. The molecule has 2 N–H and O–H groups in total. The molecule has 2 aromatic rings. The van der Waals surface area contributed by atoms with Crippen molar-refractivity contribution in [3.8, 4) is 0 Å². The predicted molar refractivity (Wildman–Crippen MR) is 127 cm³/mol. The lowest BCUT2D eigenvalue weighted by molar-refractivity contribution is -0.121. The third kappa shape index (κ3) is 3.83. The number of carbonyl (C=O) groups is 4. The van der Waals surface area contributed by atoms with E-state index in [0.29, 0.717) is 48.4 Å². The van der Waals surface area contributed by atoms with Crippen LogP contribution in [0.3, 0.4) is 0 Å². The number of amides is 4. The lowest BCUT2D eigenvalue weighted by atomic mass is 10.0. The Balaban J connectivity index is 1.40. The van der Waals surface area contributed by atoms with Gasteiger partial charge in [-0.3, -0.25) is 19.2 Å². The largest absolute Gasteiger partial charge is 0.327 e. The highest BCUT2D eigenvalue weighted by Gasteiger charge is 2.39. The van der Waals surface area contributed by atoms with Crippen molar-refractivity contribution in [1.29, 1.82) is 0 Å². The summed E-state index contributed by atoms with van der Waals surface area (Å²) in [5.74, 6) is -0.625. The first kappa shape index (κ1) is 22.1. The number of hydrogen-bond donors (Lipinski definition) is 2. The molecule has 1 saturated heterocycles. The van der Waals surface area contributed by atoms with E-state index in [-0.39, 0.29) is 29.5 Å². The van der Waals surface area contributed by atoms with Crippen molar-refractivity contribution >= 4 is 35.0 Å². The van der Waals surface area contributed by atoms with Gasteiger partial charge in [-0.1, -0.05) is 32.0 Å². The van der Waals surface area contributed by atoms with E-state index in [0.717, 1.165) is 12.0 Å². The average Bonchev–Trinajstić information content (AvgIpc) is 3.41. The summed E-state index contributed by atoms with van der Waals surface area (Å²) in [5.41, 5.74) is 2.82. The van der Waals surface area contributed by atoms with E-state index in [2.05, 4.69) is 10.6 Å². The zero-order valence-corrected chi connectivity index (χ0v) is 19.3. The summed E-state index contributed by atoms with van der Waals surface area (Å²) >= 11 is 0. The SMILES string of the molecule is CC(C)C[C@@H](C(=O)Nc1ccc2c(c1)C(=O)N1CCC[C@H]1C(=O)N2)N1Cc2ccccc2C1=O. The molecule has 3 aliphatic heterocycles. The monoisotopic (exact) mass is 460 g/mol. The van der Waals surface area contributed by atoms with Crippen LogP contribution in [-0.2, 0) is 16.1 Å². The molecular formula is C26H28N4O4. The molecule has 8 nitrogen and oxygen atoms in total. The molecule has 2 aromatic carbocycles. The summed E-state index contributed by atoms with van der Waals surface area (Å²) in [6.07, 6.45) is 1.96. The van der Waals surface area contributed by atoms with Gasteiger partial charge in [-0.2, -0.15) is 0 Å². The fourth-order valence-electron chi connectivity index (χ4n) is 5.14. The Morgan fingerprint density at radius 2 is 1.88 bits per heavy atom. The number of carbonyl (C=O) groups excluding carboxylic acids is 4. The summed E-state index contributed by atoms with van der Waals surface area (Å²) in [6, 6.07) is 11.3. The van der Waals surface area contributed by atoms with Gasteiger partial charge in [0.25, 0.3) is 11.8 Å². The van der Waals surface area contributed by atoms with Crippen LogP contribution in [-0.4, -0.2) is 52.1 Å². The molecule has 2 atom stereocenters. The molecule has 0 radical (unpaired) electrons. The number of nitrogens with one attached hydrogen (secondary N) is 2. The molecule has 176 valence electrons. The zero-order chi connectivity index (χ0) is 24.0. The Morgan fingerprint density at radius 3 is 2.65 bits per heavy atom. The van der Waals surface area contributed by atoms with Gasteiger partial charge in [-0.05, 0) is 55.0 Å². The second-order valence-electron chi connectivity index (χ2n) is 9.63. The number of rotatable bonds is 5. The summed E-state index contributed by atoms with van der Waals surface area (Å²) < 4.78 is 0. The lowest BCUT2D eigenvalue weighted by Crippen LogP contribution is -2.45. The number of benzene rings is 2. The third-order valence-electron chi connectivity index (χ3n) is 6.81. The number of hydrogen-bond acceptors (Lipinski definition) is 4. The van der Waals surface area contributed by atoms with Gasteiger partial charge in [0.1, 0.15) is 12.1 Å². The molecule has 0 bridgehead atoms. The first-order valence-electron chi connectivity index (χ1n) is 11.8. The predicted octanol–water partition coefficient (Wildman–Crippen LogP) is 3.25. The summed E-state index contributed by atoms with van der Waals surface area (Å²) in [4.78, 5) is 55.3. The molecule has 1 fully saturated rings.